The molecule has 128 valence electrons. The summed E-state index contributed by atoms with van der Waals surface area (Å²) in [5.41, 5.74) is 2.31. The molecule has 0 aliphatic heterocycles. The Labute approximate surface area is 142 Å². The molecule has 0 saturated heterocycles. The van der Waals surface area contributed by atoms with E-state index in [-0.39, 0.29) is 12.0 Å². The molecule has 0 radical (unpaired) electrons. The van der Waals surface area contributed by atoms with Crippen LogP contribution in [0.25, 0.3) is 0 Å². The Morgan fingerprint density at radius 1 is 1.35 bits per heavy atom. The Morgan fingerprint density at radius 2 is 2.00 bits per heavy atom. The summed E-state index contributed by atoms with van der Waals surface area (Å²) in [6.45, 7) is 10.0. The van der Waals surface area contributed by atoms with Gasteiger partial charge in [0.1, 0.15) is 13.6 Å². The molecular weight excluding hydrogens is 305 g/mol. The Balaban J connectivity index is 2.61. The molecule has 1 aromatic rings. The van der Waals surface area contributed by atoms with Gasteiger partial charge >= 0.3 is 6.09 Å². The fraction of sp³-hybridized carbons (Fsp3) is 0.588. The van der Waals surface area contributed by atoms with Crippen LogP contribution in [-0.2, 0) is 4.74 Å². The van der Waals surface area contributed by atoms with E-state index in [4.69, 9.17) is 9.47 Å². The maximum absolute atomic E-state index is 12.1. The molecule has 1 amide bonds. The lowest BCUT2D eigenvalue weighted by Crippen LogP contribution is -2.32. The molecule has 0 heterocycles. The normalized spacial score (nSPS) is 12.6. The zero-order valence-electron chi connectivity index (χ0n) is 15.6. The van der Waals surface area contributed by atoms with Crippen molar-refractivity contribution in [2.24, 2.45) is 0 Å². The fourth-order valence-corrected chi connectivity index (χ4v) is 3.09. The lowest BCUT2D eigenvalue weighted by atomic mass is 9.89. The van der Waals surface area contributed by atoms with Gasteiger partial charge in [0.2, 0.25) is 0 Å². The molecule has 0 aromatic heterocycles. The number of rotatable bonds is 7. The SMILES string of the molecule is Bc1ccc(OC)c([C@@H](C)CN(C)C(=O)OCC[Si](C)(C)C)c1. The average Bonchev–Trinajstić information content (AvgIpc) is 2.45. The summed E-state index contributed by atoms with van der Waals surface area (Å²) in [5.74, 6) is 1.04. The van der Waals surface area contributed by atoms with Gasteiger partial charge in [-0.2, -0.15) is 0 Å². The van der Waals surface area contributed by atoms with Crippen molar-refractivity contribution in [1.29, 1.82) is 0 Å². The summed E-state index contributed by atoms with van der Waals surface area (Å²) in [5, 5.41) is 0. The van der Waals surface area contributed by atoms with E-state index in [1.54, 1.807) is 19.1 Å². The van der Waals surface area contributed by atoms with Crippen LogP contribution in [0.15, 0.2) is 18.2 Å². The zero-order chi connectivity index (χ0) is 17.6. The first-order valence-electron chi connectivity index (χ1n) is 8.16. The van der Waals surface area contributed by atoms with Crippen LogP contribution in [0.4, 0.5) is 4.79 Å². The van der Waals surface area contributed by atoms with E-state index >= 15 is 0 Å². The van der Waals surface area contributed by atoms with Gasteiger partial charge in [-0.3, -0.25) is 0 Å². The molecule has 1 atom stereocenters. The molecule has 0 bridgehead atoms. The minimum Gasteiger partial charge on any atom is -0.496 e. The maximum atomic E-state index is 12.1. The third-order valence-corrected chi connectivity index (χ3v) is 5.56. The Kier molecular flexibility index (Phi) is 7.19. The second-order valence-corrected chi connectivity index (χ2v) is 13.1. The quantitative estimate of drug-likeness (QED) is 0.719. The van der Waals surface area contributed by atoms with Crippen molar-refractivity contribution in [2.75, 3.05) is 27.3 Å². The van der Waals surface area contributed by atoms with Gasteiger partial charge in [-0.25, -0.2) is 4.79 Å². The highest BCUT2D eigenvalue weighted by Gasteiger charge is 2.19. The van der Waals surface area contributed by atoms with Crippen LogP contribution in [0.2, 0.25) is 25.7 Å². The van der Waals surface area contributed by atoms with E-state index in [1.807, 2.05) is 12.1 Å². The van der Waals surface area contributed by atoms with Gasteiger partial charge in [0.15, 0.2) is 0 Å². The Bertz CT molecular complexity index is 531. The van der Waals surface area contributed by atoms with Crippen molar-refractivity contribution in [3.63, 3.8) is 0 Å². The van der Waals surface area contributed by atoms with Crippen molar-refractivity contribution in [2.45, 2.75) is 38.5 Å². The molecule has 0 saturated carbocycles. The Hall–Kier alpha value is -1.43. The van der Waals surface area contributed by atoms with Gasteiger partial charge in [-0.15, -0.1) is 0 Å². The Morgan fingerprint density at radius 3 is 2.57 bits per heavy atom. The molecule has 0 aliphatic rings. The van der Waals surface area contributed by atoms with Crippen LogP contribution < -0.4 is 10.2 Å². The van der Waals surface area contributed by atoms with Crippen molar-refractivity contribution in [1.82, 2.24) is 4.90 Å². The largest absolute Gasteiger partial charge is 0.496 e. The second-order valence-electron chi connectivity index (χ2n) is 7.45. The summed E-state index contributed by atoms with van der Waals surface area (Å²) in [6.07, 6.45) is -0.248. The standard InChI is InChI=1S/C17H30BNO3Si/c1-13(15-11-14(18)7-8-16(15)21-3)12-19(2)17(20)22-9-10-23(4,5)6/h7-8,11,13H,9-10,12,18H2,1-6H3/t13-/m0/s1. The van der Waals surface area contributed by atoms with Gasteiger partial charge in [-0.05, 0) is 17.7 Å². The highest BCUT2D eigenvalue weighted by molar-refractivity contribution is 6.76. The first-order valence-corrected chi connectivity index (χ1v) is 11.9. The fourth-order valence-electron chi connectivity index (χ4n) is 2.38. The molecule has 0 aliphatic carbocycles. The lowest BCUT2D eigenvalue weighted by Gasteiger charge is -2.24. The minimum atomic E-state index is -1.17. The number of amides is 1. The first-order chi connectivity index (χ1) is 10.6. The molecule has 0 fully saturated rings. The number of carbonyl (C=O) groups excluding carboxylic acids is 1. The highest BCUT2D eigenvalue weighted by Crippen LogP contribution is 2.26. The molecule has 0 unspecified atom stereocenters. The molecule has 23 heavy (non-hydrogen) atoms. The van der Waals surface area contributed by atoms with E-state index in [2.05, 4.69) is 40.5 Å². The number of nitrogens with zero attached hydrogens (tertiary/aromatic N) is 1. The second kappa shape index (κ2) is 8.43. The van der Waals surface area contributed by atoms with E-state index in [0.29, 0.717) is 13.2 Å². The van der Waals surface area contributed by atoms with Crippen LogP contribution in [0, 0.1) is 0 Å². The summed E-state index contributed by atoms with van der Waals surface area (Å²) < 4.78 is 10.8. The summed E-state index contributed by atoms with van der Waals surface area (Å²) >= 11 is 0. The van der Waals surface area contributed by atoms with E-state index in [0.717, 1.165) is 17.4 Å². The molecule has 0 N–H and O–H groups in total. The van der Waals surface area contributed by atoms with Crippen molar-refractivity contribution in [3.8, 4) is 5.75 Å². The predicted octanol–water partition coefficient (Wildman–Crippen LogP) is 2.46. The third kappa shape index (κ3) is 6.69. The molecule has 1 aromatic carbocycles. The van der Waals surface area contributed by atoms with E-state index in [9.17, 15) is 4.79 Å². The van der Waals surface area contributed by atoms with Crippen LogP contribution in [0.3, 0.4) is 0 Å². The smallest absolute Gasteiger partial charge is 0.409 e. The molecule has 0 spiro atoms. The molecule has 1 rings (SSSR count). The van der Waals surface area contributed by atoms with Crippen LogP contribution >= 0.6 is 0 Å². The minimum absolute atomic E-state index is 0.180. The third-order valence-electron chi connectivity index (χ3n) is 3.85. The number of methoxy groups -OCH3 is 1. The molecule has 6 heteroatoms. The van der Waals surface area contributed by atoms with E-state index in [1.165, 1.54) is 5.46 Å². The van der Waals surface area contributed by atoms with Crippen LogP contribution in [0.1, 0.15) is 18.4 Å². The number of hydrogen-bond donors (Lipinski definition) is 0. The summed E-state index contributed by atoms with van der Waals surface area (Å²) in [6, 6.07) is 7.12. The zero-order valence-corrected chi connectivity index (χ0v) is 16.6. The average molecular weight is 335 g/mol. The maximum Gasteiger partial charge on any atom is 0.409 e. The van der Waals surface area contributed by atoms with Crippen LogP contribution in [-0.4, -0.2) is 54.2 Å². The van der Waals surface area contributed by atoms with Gasteiger partial charge in [-0.1, -0.05) is 44.2 Å². The number of hydrogen-bond acceptors (Lipinski definition) is 3. The number of benzene rings is 1. The summed E-state index contributed by atoms with van der Waals surface area (Å²) in [7, 11) is 4.35. The number of ether oxygens (including phenoxy) is 2. The van der Waals surface area contributed by atoms with Crippen LogP contribution in [0.5, 0.6) is 5.75 Å². The number of likely N-dealkylation sites (N-methyl/N-ethyl adjacent to an activating group) is 1. The van der Waals surface area contributed by atoms with Gasteiger partial charge in [0.05, 0.1) is 13.7 Å². The van der Waals surface area contributed by atoms with Crippen molar-refractivity contribution in [3.05, 3.63) is 23.8 Å². The highest BCUT2D eigenvalue weighted by atomic mass is 28.3. The summed E-state index contributed by atoms with van der Waals surface area (Å²) in [4.78, 5) is 13.8. The molecular formula is C17H30BNO3Si. The van der Waals surface area contributed by atoms with Crippen molar-refractivity contribution >= 4 is 27.5 Å². The monoisotopic (exact) mass is 335 g/mol. The van der Waals surface area contributed by atoms with Gasteiger partial charge in [0.25, 0.3) is 0 Å². The topological polar surface area (TPSA) is 38.8 Å². The van der Waals surface area contributed by atoms with E-state index < -0.39 is 8.07 Å². The lowest BCUT2D eigenvalue weighted by molar-refractivity contribution is 0.114. The van der Waals surface area contributed by atoms with Gasteiger partial charge in [0, 0.05) is 27.6 Å². The van der Waals surface area contributed by atoms with Gasteiger partial charge < -0.3 is 14.4 Å². The molecule has 4 nitrogen and oxygen atoms in total. The number of carbonyl (C=O) groups is 1. The first kappa shape index (κ1) is 19.6. The predicted molar refractivity (Wildman–Crippen MR) is 102 cm³/mol. The van der Waals surface area contributed by atoms with Crippen molar-refractivity contribution < 1.29 is 14.3 Å².